The molecule has 10 nitrogen and oxygen atoms in total. The molecule has 3 aromatic rings. The molecule has 0 saturated carbocycles. The standard InChI is InChI=1S/C27H34N4O6/c1-16(2)13-20(25(32)36-27(3,4)5)24(28)35-21-8-7-17(14-19(21)22-10-12-30-37-22)18-9-11-29-23(15-18)31-26(33)34-6/h7-12,14-16,20,24H,13,28H2,1-6H3,(H,29,31,33). The second-order valence-corrected chi connectivity index (χ2v) is 9.99. The maximum Gasteiger partial charge on any atom is 0.412 e. The number of hydrogen-bond acceptors (Lipinski definition) is 9. The molecule has 0 aliphatic rings. The first-order valence-corrected chi connectivity index (χ1v) is 12.0. The molecule has 1 amide bonds. The molecule has 1 aromatic carbocycles. The zero-order valence-electron chi connectivity index (χ0n) is 22.0. The minimum Gasteiger partial charge on any atom is -0.474 e. The predicted octanol–water partition coefficient (Wildman–Crippen LogP) is 5.25. The number of pyridine rings is 1. The van der Waals surface area contributed by atoms with Crippen LogP contribution in [0.5, 0.6) is 5.75 Å². The minimum atomic E-state index is -0.957. The Balaban J connectivity index is 1.94. The van der Waals surface area contributed by atoms with Crippen LogP contribution in [0.4, 0.5) is 10.6 Å². The summed E-state index contributed by atoms with van der Waals surface area (Å²) in [6.07, 6.45) is 2.02. The van der Waals surface area contributed by atoms with Crippen LogP contribution in [-0.2, 0) is 14.3 Å². The number of carbonyl (C=O) groups is 2. The van der Waals surface area contributed by atoms with E-state index >= 15 is 0 Å². The van der Waals surface area contributed by atoms with E-state index in [-0.39, 0.29) is 5.92 Å². The first kappa shape index (κ1) is 27.7. The fourth-order valence-corrected chi connectivity index (χ4v) is 3.67. The molecule has 0 aliphatic heterocycles. The first-order valence-electron chi connectivity index (χ1n) is 12.0. The lowest BCUT2D eigenvalue weighted by Crippen LogP contribution is -2.43. The van der Waals surface area contributed by atoms with E-state index in [0.29, 0.717) is 29.3 Å². The number of esters is 1. The molecule has 2 aromatic heterocycles. The Morgan fingerprint density at radius 1 is 1.08 bits per heavy atom. The topological polar surface area (TPSA) is 139 Å². The van der Waals surface area contributed by atoms with Crippen molar-refractivity contribution in [1.82, 2.24) is 10.1 Å². The Bertz CT molecular complexity index is 1200. The van der Waals surface area contributed by atoms with E-state index in [1.807, 2.05) is 46.8 Å². The number of methoxy groups -OCH3 is 1. The summed E-state index contributed by atoms with van der Waals surface area (Å²) in [6, 6.07) is 10.7. The van der Waals surface area contributed by atoms with Gasteiger partial charge in [-0.25, -0.2) is 9.78 Å². The van der Waals surface area contributed by atoms with Gasteiger partial charge in [-0.3, -0.25) is 15.8 Å². The summed E-state index contributed by atoms with van der Waals surface area (Å²) in [6.45, 7) is 9.47. The first-order chi connectivity index (χ1) is 17.5. The van der Waals surface area contributed by atoms with Crippen molar-refractivity contribution in [1.29, 1.82) is 0 Å². The second kappa shape index (κ2) is 11.9. The molecule has 3 N–H and O–H groups in total. The third kappa shape index (κ3) is 7.78. The van der Waals surface area contributed by atoms with E-state index < -0.39 is 29.8 Å². The van der Waals surface area contributed by atoms with Crippen molar-refractivity contribution >= 4 is 17.9 Å². The molecular formula is C27H34N4O6. The quantitative estimate of drug-likeness (QED) is 0.292. The lowest BCUT2D eigenvalue weighted by Gasteiger charge is -2.29. The van der Waals surface area contributed by atoms with Crippen LogP contribution < -0.4 is 15.8 Å². The van der Waals surface area contributed by atoms with Crippen molar-refractivity contribution < 1.29 is 28.3 Å². The molecule has 2 heterocycles. The summed E-state index contributed by atoms with van der Waals surface area (Å²) in [5.41, 5.74) is 7.97. The molecule has 0 radical (unpaired) electrons. The van der Waals surface area contributed by atoms with Crippen LogP contribution in [0.3, 0.4) is 0 Å². The smallest absolute Gasteiger partial charge is 0.412 e. The summed E-state index contributed by atoms with van der Waals surface area (Å²) in [4.78, 5) is 28.7. The fraction of sp³-hybridized carbons (Fsp3) is 0.407. The van der Waals surface area contributed by atoms with Crippen LogP contribution in [0.2, 0.25) is 0 Å². The van der Waals surface area contributed by atoms with Crippen molar-refractivity contribution in [3.8, 4) is 28.2 Å². The van der Waals surface area contributed by atoms with Crippen LogP contribution in [-0.4, -0.2) is 41.1 Å². The number of amides is 1. The highest BCUT2D eigenvalue weighted by Crippen LogP contribution is 2.36. The fourth-order valence-electron chi connectivity index (χ4n) is 3.67. The highest BCUT2D eigenvalue weighted by molar-refractivity contribution is 5.85. The van der Waals surface area contributed by atoms with Gasteiger partial charge in [-0.15, -0.1) is 0 Å². The highest BCUT2D eigenvalue weighted by Gasteiger charge is 2.33. The van der Waals surface area contributed by atoms with Crippen molar-refractivity contribution in [2.75, 3.05) is 12.4 Å². The van der Waals surface area contributed by atoms with Crippen molar-refractivity contribution in [2.24, 2.45) is 17.6 Å². The number of benzene rings is 1. The van der Waals surface area contributed by atoms with Crippen LogP contribution in [0.25, 0.3) is 22.5 Å². The maximum absolute atomic E-state index is 13.0. The number of nitrogens with zero attached hydrogens (tertiary/aromatic N) is 2. The lowest BCUT2D eigenvalue weighted by molar-refractivity contribution is -0.164. The van der Waals surface area contributed by atoms with E-state index in [0.717, 1.165) is 11.1 Å². The molecular weight excluding hydrogens is 476 g/mol. The average molecular weight is 511 g/mol. The number of hydrogen-bond donors (Lipinski definition) is 2. The zero-order chi connectivity index (χ0) is 27.2. The number of aromatic nitrogens is 2. The molecule has 2 unspecified atom stereocenters. The van der Waals surface area contributed by atoms with E-state index in [2.05, 4.69) is 20.2 Å². The predicted molar refractivity (Wildman–Crippen MR) is 139 cm³/mol. The lowest BCUT2D eigenvalue weighted by atomic mass is 9.95. The number of rotatable bonds is 9. The minimum absolute atomic E-state index is 0.197. The van der Waals surface area contributed by atoms with Gasteiger partial charge >= 0.3 is 12.1 Å². The van der Waals surface area contributed by atoms with Gasteiger partial charge in [0.05, 0.1) is 18.9 Å². The third-order valence-corrected chi connectivity index (χ3v) is 5.29. The van der Waals surface area contributed by atoms with Crippen LogP contribution in [0.1, 0.15) is 41.0 Å². The van der Waals surface area contributed by atoms with Gasteiger partial charge in [-0.05, 0) is 68.5 Å². The van der Waals surface area contributed by atoms with Crippen molar-refractivity contribution in [3.63, 3.8) is 0 Å². The number of nitrogens with two attached hydrogens (primary N) is 1. The number of nitrogens with one attached hydrogen (secondary N) is 1. The average Bonchev–Trinajstić information content (AvgIpc) is 3.36. The Morgan fingerprint density at radius 2 is 1.81 bits per heavy atom. The zero-order valence-corrected chi connectivity index (χ0v) is 22.0. The molecule has 0 spiro atoms. The molecule has 0 saturated heterocycles. The van der Waals surface area contributed by atoms with Gasteiger partial charge in [-0.2, -0.15) is 0 Å². The summed E-state index contributed by atoms with van der Waals surface area (Å²) in [7, 11) is 1.28. The molecule has 37 heavy (non-hydrogen) atoms. The Labute approximate surface area is 216 Å². The molecule has 0 fully saturated rings. The van der Waals surface area contributed by atoms with E-state index in [4.69, 9.17) is 19.7 Å². The normalized spacial score (nSPS) is 13.1. The van der Waals surface area contributed by atoms with Gasteiger partial charge in [0.25, 0.3) is 0 Å². The van der Waals surface area contributed by atoms with Gasteiger partial charge in [0, 0.05) is 12.3 Å². The van der Waals surface area contributed by atoms with Gasteiger partial charge < -0.3 is 18.7 Å². The summed E-state index contributed by atoms with van der Waals surface area (Å²) in [5.74, 6) is 0.336. The molecule has 0 aliphatic carbocycles. The van der Waals surface area contributed by atoms with Crippen LogP contribution >= 0.6 is 0 Å². The Hall–Kier alpha value is -3.92. The van der Waals surface area contributed by atoms with Crippen molar-refractivity contribution in [2.45, 2.75) is 52.9 Å². The van der Waals surface area contributed by atoms with Gasteiger partial charge in [0.1, 0.15) is 23.1 Å². The largest absolute Gasteiger partial charge is 0.474 e. The van der Waals surface area contributed by atoms with Gasteiger partial charge in [0.15, 0.2) is 12.0 Å². The third-order valence-electron chi connectivity index (χ3n) is 5.29. The number of anilines is 1. The van der Waals surface area contributed by atoms with Gasteiger partial charge in [0.2, 0.25) is 0 Å². The van der Waals surface area contributed by atoms with E-state index in [1.165, 1.54) is 13.3 Å². The van der Waals surface area contributed by atoms with Gasteiger partial charge in [-0.1, -0.05) is 25.1 Å². The number of carbonyl (C=O) groups excluding carboxylic acids is 2. The SMILES string of the molecule is COC(=O)Nc1cc(-c2ccc(OC(N)C(CC(C)C)C(=O)OC(C)(C)C)c(-c3ccno3)c2)ccn1. The maximum atomic E-state index is 13.0. The van der Waals surface area contributed by atoms with Crippen LogP contribution in [0.15, 0.2) is 53.3 Å². The Kier molecular flexibility index (Phi) is 8.88. The summed E-state index contributed by atoms with van der Waals surface area (Å²) in [5, 5.41) is 6.36. The summed E-state index contributed by atoms with van der Waals surface area (Å²) >= 11 is 0. The second-order valence-electron chi connectivity index (χ2n) is 9.99. The summed E-state index contributed by atoms with van der Waals surface area (Å²) < 4.78 is 21.8. The molecule has 10 heteroatoms. The molecule has 2 atom stereocenters. The van der Waals surface area contributed by atoms with E-state index in [9.17, 15) is 9.59 Å². The number of ether oxygens (including phenoxy) is 3. The Morgan fingerprint density at radius 3 is 2.43 bits per heavy atom. The monoisotopic (exact) mass is 510 g/mol. The van der Waals surface area contributed by atoms with Crippen molar-refractivity contribution in [3.05, 3.63) is 48.8 Å². The highest BCUT2D eigenvalue weighted by atomic mass is 16.6. The van der Waals surface area contributed by atoms with E-state index in [1.54, 1.807) is 30.5 Å². The van der Waals surface area contributed by atoms with Crippen LogP contribution in [0, 0.1) is 11.8 Å². The molecule has 0 bridgehead atoms. The molecule has 198 valence electrons. The molecule has 3 rings (SSSR count).